The molecule has 0 spiro atoms. The van der Waals surface area contributed by atoms with Crippen LogP contribution in [0.15, 0.2) is 42.2 Å². The second kappa shape index (κ2) is 6.77. The number of benzene rings is 1. The first kappa shape index (κ1) is 14.8. The fourth-order valence-corrected chi connectivity index (χ4v) is 2.59. The Balaban J connectivity index is 1.83. The second-order valence-corrected chi connectivity index (χ2v) is 5.43. The first-order valence-corrected chi connectivity index (χ1v) is 7.40. The molecule has 2 heterocycles. The van der Waals surface area contributed by atoms with Crippen molar-refractivity contribution in [2.75, 3.05) is 32.9 Å². The number of aliphatic hydroxyl groups excluding tert-OH is 1. The molecule has 1 fully saturated rings. The molecule has 0 bridgehead atoms. The van der Waals surface area contributed by atoms with E-state index in [-0.39, 0.29) is 18.4 Å². The highest BCUT2D eigenvalue weighted by Crippen LogP contribution is 2.25. The quantitative estimate of drug-likeness (QED) is 0.898. The van der Waals surface area contributed by atoms with Crippen LogP contribution in [0, 0.1) is 5.92 Å². The van der Waals surface area contributed by atoms with Gasteiger partial charge in [0.2, 0.25) is 0 Å². The Labute approximate surface area is 129 Å². The molecule has 3 rings (SSSR count). The highest BCUT2D eigenvalue weighted by molar-refractivity contribution is 6.01. The van der Waals surface area contributed by atoms with Crippen molar-refractivity contribution in [2.45, 2.75) is 0 Å². The van der Waals surface area contributed by atoms with E-state index in [9.17, 15) is 9.90 Å². The Kier molecular flexibility index (Phi) is 4.56. The van der Waals surface area contributed by atoms with Gasteiger partial charge in [0, 0.05) is 36.8 Å². The van der Waals surface area contributed by atoms with Gasteiger partial charge >= 0.3 is 0 Å². The van der Waals surface area contributed by atoms with E-state index in [1.165, 1.54) is 6.26 Å². The number of amides is 1. The first-order valence-electron chi connectivity index (χ1n) is 7.40. The van der Waals surface area contributed by atoms with Gasteiger partial charge in [0.25, 0.3) is 5.91 Å². The Morgan fingerprint density at radius 3 is 3.09 bits per heavy atom. The number of hydrogen-bond acceptors (Lipinski definition) is 4. The van der Waals surface area contributed by atoms with Gasteiger partial charge in [-0.3, -0.25) is 4.79 Å². The van der Waals surface area contributed by atoms with Crippen LogP contribution in [0.2, 0.25) is 0 Å². The van der Waals surface area contributed by atoms with E-state index in [1.54, 1.807) is 11.0 Å². The molecule has 5 heteroatoms. The van der Waals surface area contributed by atoms with Crippen LogP contribution in [0.5, 0.6) is 5.75 Å². The van der Waals surface area contributed by atoms with Crippen LogP contribution in [0.4, 0.5) is 0 Å². The number of ether oxygens (including phenoxy) is 2. The summed E-state index contributed by atoms with van der Waals surface area (Å²) < 4.78 is 10.9. The van der Waals surface area contributed by atoms with E-state index >= 15 is 0 Å². The summed E-state index contributed by atoms with van der Waals surface area (Å²) in [6.07, 6.45) is 5.05. The summed E-state index contributed by atoms with van der Waals surface area (Å²) >= 11 is 0. The topological polar surface area (TPSA) is 59.0 Å². The normalized spacial score (nSPS) is 21.2. The third-order valence-corrected chi connectivity index (χ3v) is 3.80. The smallest absolute Gasteiger partial charge is 0.254 e. The van der Waals surface area contributed by atoms with Gasteiger partial charge in [-0.1, -0.05) is 18.2 Å². The van der Waals surface area contributed by atoms with Crippen molar-refractivity contribution in [2.24, 2.45) is 5.92 Å². The number of carbonyl (C=O) groups is 1. The average molecular weight is 301 g/mol. The highest BCUT2D eigenvalue weighted by Gasteiger charge is 2.24. The van der Waals surface area contributed by atoms with Crippen molar-refractivity contribution in [3.05, 3.63) is 47.7 Å². The molecule has 22 heavy (non-hydrogen) atoms. The van der Waals surface area contributed by atoms with Crippen molar-refractivity contribution >= 4 is 12.0 Å². The lowest BCUT2D eigenvalue weighted by atomic mass is 10.1. The van der Waals surface area contributed by atoms with Gasteiger partial charge in [0.15, 0.2) is 0 Å². The zero-order chi connectivity index (χ0) is 15.4. The summed E-state index contributed by atoms with van der Waals surface area (Å²) in [7, 11) is 0. The Hall–Kier alpha value is -2.11. The third kappa shape index (κ3) is 3.21. The monoisotopic (exact) mass is 301 g/mol. The maximum Gasteiger partial charge on any atom is 0.254 e. The predicted molar refractivity (Wildman–Crippen MR) is 82.2 cm³/mol. The third-order valence-electron chi connectivity index (χ3n) is 3.80. The summed E-state index contributed by atoms with van der Waals surface area (Å²) in [6, 6.07) is 7.59. The number of aliphatic hydroxyl groups is 1. The van der Waals surface area contributed by atoms with Gasteiger partial charge in [-0.25, -0.2) is 0 Å². The largest absolute Gasteiger partial charge is 0.464 e. The summed E-state index contributed by atoms with van der Waals surface area (Å²) in [5.41, 5.74) is 1.45. The number of para-hydroxylation sites is 1. The fraction of sp³-hybridized carbons (Fsp3) is 0.353. The van der Waals surface area contributed by atoms with Crippen molar-refractivity contribution < 1.29 is 19.4 Å². The van der Waals surface area contributed by atoms with E-state index in [1.807, 2.05) is 30.3 Å². The Morgan fingerprint density at radius 1 is 1.36 bits per heavy atom. The van der Waals surface area contributed by atoms with Crippen LogP contribution in [0.1, 0.15) is 5.56 Å². The minimum absolute atomic E-state index is 0.0185. The minimum Gasteiger partial charge on any atom is -0.464 e. The predicted octanol–water partition coefficient (Wildman–Crippen LogP) is 1.44. The number of rotatable bonds is 2. The minimum atomic E-state index is -0.0690. The average Bonchev–Trinajstić information content (AvgIpc) is 2.92. The first-order chi connectivity index (χ1) is 10.8. The molecule has 0 radical (unpaired) electrons. The molecule has 1 aromatic carbocycles. The van der Waals surface area contributed by atoms with Gasteiger partial charge < -0.3 is 19.5 Å². The Bertz CT molecular complexity index is 608. The van der Waals surface area contributed by atoms with E-state index in [4.69, 9.17) is 9.47 Å². The van der Waals surface area contributed by atoms with Crippen LogP contribution in [-0.2, 0) is 9.53 Å². The molecule has 5 nitrogen and oxygen atoms in total. The molecule has 2 aliphatic rings. The summed E-state index contributed by atoms with van der Waals surface area (Å²) in [5, 5.41) is 9.33. The lowest BCUT2D eigenvalue weighted by molar-refractivity contribution is -0.127. The van der Waals surface area contributed by atoms with Crippen molar-refractivity contribution in [3.8, 4) is 5.75 Å². The zero-order valence-electron chi connectivity index (χ0n) is 12.3. The highest BCUT2D eigenvalue weighted by atomic mass is 16.5. The van der Waals surface area contributed by atoms with Gasteiger partial charge in [-0.05, 0) is 18.2 Å². The molecular weight excluding hydrogens is 282 g/mol. The summed E-state index contributed by atoms with van der Waals surface area (Å²) in [5.74, 6) is 0.625. The van der Waals surface area contributed by atoms with E-state index in [0.717, 1.165) is 11.3 Å². The molecule has 1 atom stereocenters. The van der Waals surface area contributed by atoms with Crippen molar-refractivity contribution in [1.29, 1.82) is 0 Å². The standard InChI is InChI=1S/C17H19NO4/c19-11-13-10-18(6-8-21-12-13)17(20)15-5-7-22-16-4-2-1-3-14(16)9-15/h1-5,7,9,13,19H,6,8,10-12H2. The molecule has 0 aromatic heterocycles. The van der Waals surface area contributed by atoms with Crippen LogP contribution in [0.25, 0.3) is 6.08 Å². The van der Waals surface area contributed by atoms with Crippen LogP contribution < -0.4 is 4.74 Å². The molecule has 1 amide bonds. The van der Waals surface area contributed by atoms with Gasteiger partial charge in [0.1, 0.15) is 5.75 Å². The fourth-order valence-electron chi connectivity index (χ4n) is 2.59. The molecule has 0 aliphatic carbocycles. The molecule has 1 unspecified atom stereocenters. The lowest BCUT2D eigenvalue weighted by Crippen LogP contribution is -2.37. The molecule has 0 saturated carbocycles. The molecular formula is C17H19NO4. The lowest BCUT2D eigenvalue weighted by Gasteiger charge is -2.23. The van der Waals surface area contributed by atoms with Gasteiger partial charge in [0.05, 0.1) is 19.5 Å². The summed E-state index contributed by atoms with van der Waals surface area (Å²) in [6.45, 7) is 2.03. The number of nitrogens with zero attached hydrogens (tertiary/aromatic N) is 1. The number of carbonyl (C=O) groups excluding carboxylic acids is 1. The SMILES string of the molecule is O=C(C1=Cc2ccccc2OC=C1)N1CCOCC(CO)C1. The van der Waals surface area contributed by atoms with Crippen LogP contribution >= 0.6 is 0 Å². The zero-order valence-corrected chi connectivity index (χ0v) is 12.3. The second-order valence-electron chi connectivity index (χ2n) is 5.43. The molecule has 2 aliphatic heterocycles. The van der Waals surface area contributed by atoms with E-state index in [2.05, 4.69) is 0 Å². The molecule has 116 valence electrons. The van der Waals surface area contributed by atoms with Crippen LogP contribution in [0.3, 0.4) is 0 Å². The number of hydrogen-bond donors (Lipinski definition) is 1. The van der Waals surface area contributed by atoms with E-state index in [0.29, 0.717) is 31.9 Å². The van der Waals surface area contributed by atoms with Gasteiger partial charge in [-0.15, -0.1) is 0 Å². The van der Waals surface area contributed by atoms with E-state index < -0.39 is 0 Å². The number of fused-ring (bicyclic) bond motifs is 1. The molecule has 1 saturated heterocycles. The van der Waals surface area contributed by atoms with Crippen molar-refractivity contribution in [1.82, 2.24) is 4.90 Å². The Morgan fingerprint density at radius 2 is 2.23 bits per heavy atom. The summed E-state index contributed by atoms with van der Waals surface area (Å²) in [4.78, 5) is 14.5. The van der Waals surface area contributed by atoms with Crippen LogP contribution in [-0.4, -0.2) is 48.8 Å². The van der Waals surface area contributed by atoms with Crippen molar-refractivity contribution in [3.63, 3.8) is 0 Å². The van der Waals surface area contributed by atoms with Gasteiger partial charge in [-0.2, -0.15) is 0 Å². The molecule has 1 N–H and O–H groups in total. The maximum atomic E-state index is 12.7. The molecule has 1 aromatic rings. The maximum absolute atomic E-state index is 12.7.